The molecule has 1 saturated carbocycles. The molecule has 1 N–H and O–H groups in total. The van der Waals surface area contributed by atoms with Gasteiger partial charge < -0.3 is 10.2 Å². The molecular weight excluding hydrogens is 298 g/mol. The standard InChI is InChI=1S/C20H21N3O/c21-12-7-13-23(15-16-8-3-1-4-9-16)20(24)22-19-14-18(19)17-10-5-2-6-11-17/h1-6,8-11,18-19H,7,13-15H2,(H,22,24). The molecule has 2 unspecified atom stereocenters. The Hall–Kier alpha value is -2.80. The molecule has 0 spiro atoms. The molecule has 122 valence electrons. The molecule has 2 aromatic carbocycles. The predicted octanol–water partition coefficient (Wildman–Crippen LogP) is 3.67. The van der Waals surface area contributed by atoms with E-state index in [-0.39, 0.29) is 12.1 Å². The Labute approximate surface area is 142 Å². The molecule has 0 heterocycles. The maximum atomic E-state index is 12.6. The lowest BCUT2D eigenvalue weighted by Gasteiger charge is -2.22. The van der Waals surface area contributed by atoms with Crippen molar-refractivity contribution in [1.82, 2.24) is 10.2 Å². The molecule has 0 bridgehead atoms. The molecule has 3 rings (SSSR count). The third kappa shape index (κ3) is 4.14. The molecule has 1 aliphatic carbocycles. The van der Waals surface area contributed by atoms with E-state index >= 15 is 0 Å². The first-order chi connectivity index (χ1) is 11.8. The molecule has 2 atom stereocenters. The highest BCUT2D eigenvalue weighted by molar-refractivity contribution is 5.75. The number of amides is 2. The van der Waals surface area contributed by atoms with Gasteiger partial charge in [-0.05, 0) is 17.5 Å². The molecule has 2 amide bonds. The van der Waals surface area contributed by atoms with Crippen LogP contribution in [0.1, 0.15) is 29.9 Å². The molecule has 0 radical (unpaired) electrons. The zero-order valence-corrected chi connectivity index (χ0v) is 13.6. The minimum atomic E-state index is -0.0856. The van der Waals surface area contributed by atoms with Crippen LogP contribution in [-0.4, -0.2) is 23.5 Å². The number of nitrogens with zero attached hydrogens (tertiary/aromatic N) is 2. The third-order valence-electron chi connectivity index (χ3n) is 4.32. The zero-order valence-electron chi connectivity index (χ0n) is 13.6. The SMILES string of the molecule is N#CCCN(Cc1ccccc1)C(=O)NC1CC1c1ccccc1. The van der Waals surface area contributed by atoms with Crippen molar-refractivity contribution in [1.29, 1.82) is 5.26 Å². The van der Waals surface area contributed by atoms with Crippen molar-refractivity contribution in [2.24, 2.45) is 0 Å². The highest BCUT2D eigenvalue weighted by Gasteiger charge is 2.40. The van der Waals surface area contributed by atoms with Crippen LogP contribution in [0, 0.1) is 11.3 Å². The largest absolute Gasteiger partial charge is 0.335 e. The van der Waals surface area contributed by atoms with E-state index in [0.29, 0.717) is 25.4 Å². The molecule has 1 fully saturated rings. The van der Waals surface area contributed by atoms with Crippen LogP contribution in [0.25, 0.3) is 0 Å². The number of nitrogens with one attached hydrogen (secondary N) is 1. The fourth-order valence-corrected chi connectivity index (χ4v) is 2.91. The first kappa shape index (κ1) is 16.1. The predicted molar refractivity (Wildman–Crippen MR) is 93.2 cm³/mol. The maximum absolute atomic E-state index is 12.6. The second-order valence-corrected chi connectivity index (χ2v) is 6.12. The summed E-state index contributed by atoms with van der Waals surface area (Å²) < 4.78 is 0. The van der Waals surface area contributed by atoms with Crippen molar-refractivity contribution in [3.63, 3.8) is 0 Å². The van der Waals surface area contributed by atoms with Crippen LogP contribution < -0.4 is 5.32 Å². The topological polar surface area (TPSA) is 56.1 Å². The van der Waals surface area contributed by atoms with Gasteiger partial charge in [0, 0.05) is 25.0 Å². The lowest BCUT2D eigenvalue weighted by atomic mass is 10.1. The highest BCUT2D eigenvalue weighted by atomic mass is 16.2. The molecule has 0 saturated heterocycles. The summed E-state index contributed by atoms with van der Waals surface area (Å²) in [6.45, 7) is 0.969. The van der Waals surface area contributed by atoms with Gasteiger partial charge in [0.2, 0.25) is 0 Å². The lowest BCUT2D eigenvalue weighted by Crippen LogP contribution is -2.41. The number of carbonyl (C=O) groups excluding carboxylic acids is 1. The van der Waals surface area contributed by atoms with Crippen LogP contribution in [0.3, 0.4) is 0 Å². The van der Waals surface area contributed by atoms with Crippen LogP contribution >= 0.6 is 0 Å². The van der Waals surface area contributed by atoms with E-state index in [1.807, 2.05) is 48.5 Å². The van der Waals surface area contributed by atoms with E-state index in [1.165, 1.54) is 5.56 Å². The quantitative estimate of drug-likeness (QED) is 0.883. The summed E-state index contributed by atoms with van der Waals surface area (Å²) in [6, 6.07) is 22.4. The molecule has 0 aromatic heterocycles. The molecule has 24 heavy (non-hydrogen) atoms. The normalized spacial score (nSPS) is 18.5. The average molecular weight is 319 g/mol. The van der Waals surface area contributed by atoms with E-state index in [9.17, 15) is 4.79 Å². The monoisotopic (exact) mass is 319 g/mol. The number of hydrogen-bond acceptors (Lipinski definition) is 2. The van der Waals surface area contributed by atoms with Crippen LogP contribution in [0.2, 0.25) is 0 Å². The van der Waals surface area contributed by atoms with Gasteiger partial charge in [-0.25, -0.2) is 4.79 Å². The number of rotatable bonds is 6. The summed E-state index contributed by atoms with van der Waals surface area (Å²) in [7, 11) is 0. The van der Waals surface area contributed by atoms with Crippen LogP contribution in [0.5, 0.6) is 0 Å². The Balaban J connectivity index is 1.59. The molecule has 4 heteroatoms. The Morgan fingerprint density at radius 1 is 1.12 bits per heavy atom. The van der Waals surface area contributed by atoms with Gasteiger partial charge in [-0.3, -0.25) is 0 Å². The van der Waals surface area contributed by atoms with Gasteiger partial charge in [-0.1, -0.05) is 60.7 Å². The van der Waals surface area contributed by atoms with Gasteiger partial charge in [0.15, 0.2) is 0 Å². The van der Waals surface area contributed by atoms with Crippen LogP contribution in [0.15, 0.2) is 60.7 Å². The molecule has 4 nitrogen and oxygen atoms in total. The molecule has 2 aromatic rings. The third-order valence-corrected chi connectivity index (χ3v) is 4.32. The summed E-state index contributed by atoms with van der Waals surface area (Å²) in [4.78, 5) is 14.3. The van der Waals surface area contributed by atoms with Gasteiger partial charge in [0.25, 0.3) is 0 Å². The van der Waals surface area contributed by atoms with E-state index in [0.717, 1.165) is 12.0 Å². The Morgan fingerprint density at radius 3 is 2.46 bits per heavy atom. The second-order valence-electron chi connectivity index (χ2n) is 6.12. The van der Waals surface area contributed by atoms with Crippen molar-refractivity contribution >= 4 is 6.03 Å². The molecular formula is C20H21N3O. The van der Waals surface area contributed by atoms with Gasteiger partial charge >= 0.3 is 6.03 Å². The Bertz CT molecular complexity index is 709. The first-order valence-electron chi connectivity index (χ1n) is 8.29. The number of hydrogen-bond donors (Lipinski definition) is 1. The van der Waals surface area contributed by atoms with E-state index in [4.69, 9.17) is 5.26 Å². The van der Waals surface area contributed by atoms with Gasteiger partial charge in [0.1, 0.15) is 0 Å². The fraction of sp³-hybridized carbons (Fsp3) is 0.300. The van der Waals surface area contributed by atoms with E-state index in [2.05, 4.69) is 23.5 Å². The van der Waals surface area contributed by atoms with Gasteiger partial charge in [0.05, 0.1) is 12.5 Å². The second kappa shape index (κ2) is 7.65. The summed E-state index contributed by atoms with van der Waals surface area (Å²) in [5.74, 6) is 0.407. The number of benzene rings is 2. The summed E-state index contributed by atoms with van der Waals surface area (Å²) in [6.07, 6.45) is 1.32. The Kier molecular flexibility index (Phi) is 5.12. The fourth-order valence-electron chi connectivity index (χ4n) is 2.91. The summed E-state index contributed by atoms with van der Waals surface area (Å²) >= 11 is 0. The van der Waals surface area contributed by atoms with Crippen molar-refractivity contribution in [2.75, 3.05) is 6.54 Å². The number of carbonyl (C=O) groups is 1. The smallest absolute Gasteiger partial charge is 0.317 e. The Morgan fingerprint density at radius 2 is 1.79 bits per heavy atom. The zero-order chi connectivity index (χ0) is 16.8. The minimum Gasteiger partial charge on any atom is -0.335 e. The van der Waals surface area contributed by atoms with E-state index < -0.39 is 0 Å². The van der Waals surface area contributed by atoms with Crippen LogP contribution in [0.4, 0.5) is 4.79 Å². The van der Waals surface area contributed by atoms with Crippen molar-refractivity contribution in [2.45, 2.75) is 31.3 Å². The van der Waals surface area contributed by atoms with Crippen molar-refractivity contribution in [3.8, 4) is 6.07 Å². The van der Waals surface area contributed by atoms with Crippen molar-refractivity contribution in [3.05, 3.63) is 71.8 Å². The van der Waals surface area contributed by atoms with Gasteiger partial charge in [-0.15, -0.1) is 0 Å². The van der Waals surface area contributed by atoms with E-state index in [1.54, 1.807) is 4.90 Å². The van der Waals surface area contributed by atoms with Crippen molar-refractivity contribution < 1.29 is 4.79 Å². The van der Waals surface area contributed by atoms with Gasteiger partial charge in [-0.2, -0.15) is 5.26 Å². The summed E-state index contributed by atoms with van der Waals surface area (Å²) in [5, 5.41) is 11.9. The number of urea groups is 1. The number of nitriles is 1. The molecule has 0 aliphatic heterocycles. The van der Waals surface area contributed by atoms with Crippen LogP contribution in [-0.2, 0) is 6.54 Å². The summed E-state index contributed by atoms with van der Waals surface area (Å²) in [5.41, 5.74) is 2.34. The first-order valence-corrected chi connectivity index (χ1v) is 8.29. The minimum absolute atomic E-state index is 0.0856. The highest BCUT2D eigenvalue weighted by Crippen LogP contribution is 2.40. The average Bonchev–Trinajstić information content (AvgIpc) is 3.39. The maximum Gasteiger partial charge on any atom is 0.317 e. The lowest BCUT2D eigenvalue weighted by molar-refractivity contribution is 0.195. The molecule has 1 aliphatic rings.